The van der Waals surface area contributed by atoms with Crippen molar-refractivity contribution in [2.24, 2.45) is 17.8 Å². The lowest BCUT2D eigenvalue weighted by atomic mass is 9.75. The highest BCUT2D eigenvalue weighted by atomic mass is 16.5. The molecule has 248 valence electrons. The highest BCUT2D eigenvalue weighted by Crippen LogP contribution is 2.56. The van der Waals surface area contributed by atoms with E-state index in [1.807, 2.05) is 0 Å². The van der Waals surface area contributed by atoms with E-state index in [-0.39, 0.29) is 11.5 Å². The third kappa shape index (κ3) is 4.41. The molecule has 1 saturated heterocycles. The molecule has 2 heterocycles. The van der Waals surface area contributed by atoms with Crippen LogP contribution in [0.1, 0.15) is 102 Å². The predicted molar refractivity (Wildman–Crippen MR) is 195 cm³/mol. The molecule has 9 aliphatic rings. The number of rotatable bonds is 4. The van der Waals surface area contributed by atoms with Gasteiger partial charge in [0.1, 0.15) is 0 Å². The molecule has 2 aliphatic heterocycles. The van der Waals surface area contributed by atoms with E-state index >= 15 is 0 Å². The van der Waals surface area contributed by atoms with Crippen LogP contribution >= 0.6 is 0 Å². The summed E-state index contributed by atoms with van der Waals surface area (Å²) >= 11 is 0. The van der Waals surface area contributed by atoms with E-state index in [1.54, 1.807) is 16.8 Å². The summed E-state index contributed by atoms with van der Waals surface area (Å²) in [4.78, 5) is 5.73. The zero-order valence-corrected chi connectivity index (χ0v) is 28.9. The first-order valence-corrected chi connectivity index (χ1v) is 19.4. The maximum atomic E-state index is 6.81. The van der Waals surface area contributed by atoms with Crippen LogP contribution in [-0.4, -0.2) is 40.1 Å². The van der Waals surface area contributed by atoms with E-state index in [2.05, 4.69) is 115 Å². The number of fused-ring (bicyclic) bond motifs is 8. The Labute approximate surface area is 288 Å². The van der Waals surface area contributed by atoms with Gasteiger partial charge in [-0.25, -0.2) is 0 Å². The number of allylic oxidation sites excluding steroid dienone is 8. The lowest BCUT2D eigenvalue weighted by Crippen LogP contribution is -2.46. The van der Waals surface area contributed by atoms with Gasteiger partial charge in [-0.15, -0.1) is 0 Å². The Morgan fingerprint density at radius 2 is 1.81 bits per heavy atom. The molecule has 0 spiro atoms. The second-order valence-corrected chi connectivity index (χ2v) is 16.6. The van der Waals surface area contributed by atoms with E-state index in [1.165, 1.54) is 73.9 Å². The van der Waals surface area contributed by atoms with Gasteiger partial charge in [-0.2, -0.15) is 0 Å². The standard InChI is InChI=1S/C45H52N2O/c1-45(2)37-18-9-6-15-32(37)33-25-23-31(28-38(33)45)46(41-20-12-22-43-44(41)35-17-8-11-21-42(35)48-43)30-24-26-40-36(27-30)34-16-7-10-19-39(34)47(40)29-13-4-3-5-14-29/h4,6,8-9,12-13,15,17-18,20,22-24,26,28-30,33,35-36,40,42-44H,3,5,7,10-11,14,16,19,21,25,27H2,1-2H3. The molecule has 3 nitrogen and oxygen atoms in total. The Morgan fingerprint density at radius 3 is 2.73 bits per heavy atom. The number of nitrogens with zero attached hydrogens (tertiary/aromatic N) is 2. The molecule has 7 aliphatic carbocycles. The molecule has 9 atom stereocenters. The van der Waals surface area contributed by atoms with Crippen LogP contribution in [0.15, 0.2) is 119 Å². The van der Waals surface area contributed by atoms with Gasteiger partial charge in [0.15, 0.2) is 0 Å². The van der Waals surface area contributed by atoms with Gasteiger partial charge >= 0.3 is 0 Å². The summed E-state index contributed by atoms with van der Waals surface area (Å²) in [6, 6.07) is 10.7. The Bertz CT molecular complexity index is 1740. The molecule has 48 heavy (non-hydrogen) atoms. The fourth-order valence-corrected chi connectivity index (χ4v) is 11.7. The van der Waals surface area contributed by atoms with Gasteiger partial charge in [-0.3, -0.25) is 0 Å². The van der Waals surface area contributed by atoms with E-state index in [0.717, 1.165) is 19.3 Å². The second kappa shape index (κ2) is 11.4. The number of hydrogen-bond acceptors (Lipinski definition) is 3. The second-order valence-electron chi connectivity index (χ2n) is 16.6. The lowest BCUT2D eigenvalue weighted by molar-refractivity contribution is 0.0510. The maximum Gasteiger partial charge on any atom is 0.0852 e. The van der Waals surface area contributed by atoms with E-state index in [4.69, 9.17) is 4.74 Å². The quantitative estimate of drug-likeness (QED) is 0.306. The summed E-state index contributed by atoms with van der Waals surface area (Å²) in [7, 11) is 0. The van der Waals surface area contributed by atoms with Gasteiger partial charge in [-0.1, -0.05) is 98.4 Å². The van der Waals surface area contributed by atoms with Crippen molar-refractivity contribution >= 4 is 0 Å². The molecule has 0 amide bonds. The highest BCUT2D eigenvalue weighted by Gasteiger charge is 2.51. The van der Waals surface area contributed by atoms with Crippen molar-refractivity contribution in [1.29, 1.82) is 0 Å². The van der Waals surface area contributed by atoms with Gasteiger partial charge in [0.05, 0.1) is 24.3 Å². The van der Waals surface area contributed by atoms with Crippen molar-refractivity contribution < 1.29 is 4.74 Å². The van der Waals surface area contributed by atoms with Crippen LogP contribution in [0.25, 0.3) is 0 Å². The molecule has 0 bridgehead atoms. The Kier molecular flexibility index (Phi) is 7.01. The van der Waals surface area contributed by atoms with Crippen molar-refractivity contribution in [3.05, 3.63) is 130 Å². The van der Waals surface area contributed by atoms with E-state index < -0.39 is 0 Å². The highest BCUT2D eigenvalue weighted by molar-refractivity contribution is 5.58. The molecule has 0 radical (unpaired) electrons. The van der Waals surface area contributed by atoms with E-state index in [9.17, 15) is 0 Å². The van der Waals surface area contributed by atoms with Crippen molar-refractivity contribution in [3.8, 4) is 0 Å². The minimum absolute atomic E-state index is 0.0400. The van der Waals surface area contributed by atoms with Gasteiger partial charge in [-0.05, 0) is 99.5 Å². The van der Waals surface area contributed by atoms with Crippen LogP contribution in [0.2, 0.25) is 0 Å². The molecule has 9 unspecified atom stereocenters. The topological polar surface area (TPSA) is 15.7 Å². The third-order valence-electron chi connectivity index (χ3n) is 13.9. The zero-order chi connectivity index (χ0) is 32.0. The molecular formula is C45H52N2O. The fraction of sp³-hybridized carbons (Fsp3) is 0.511. The Morgan fingerprint density at radius 1 is 0.917 bits per heavy atom. The van der Waals surface area contributed by atoms with Gasteiger partial charge in [0.25, 0.3) is 0 Å². The minimum Gasteiger partial charge on any atom is -0.370 e. The van der Waals surface area contributed by atoms with Gasteiger partial charge in [0, 0.05) is 52.2 Å². The Balaban J connectivity index is 1.07. The van der Waals surface area contributed by atoms with Crippen molar-refractivity contribution in [2.75, 3.05) is 0 Å². The molecule has 0 N–H and O–H groups in total. The normalized spacial score (nSPS) is 38.3. The largest absolute Gasteiger partial charge is 0.370 e. The number of hydrogen-bond donors (Lipinski definition) is 0. The van der Waals surface area contributed by atoms with Crippen LogP contribution < -0.4 is 0 Å². The fourth-order valence-electron chi connectivity index (χ4n) is 11.7. The molecule has 3 heteroatoms. The van der Waals surface area contributed by atoms with Crippen LogP contribution in [-0.2, 0) is 10.2 Å². The number of benzene rings is 1. The Hall–Kier alpha value is -3.30. The lowest BCUT2D eigenvalue weighted by Gasteiger charge is -2.45. The average Bonchev–Trinajstić information content (AvgIpc) is 3.75. The molecular weight excluding hydrogens is 585 g/mol. The predicted octanol–water partition coefficient (Wildman–Crippen LogP) is 9.95. The summed E-state index contributed by atoms with van der Waals surface area (Å²) in [5, 5.41) is 0. The molecule has 1 fully saturated rings. The molecule has 0 aromatic heterocycles. The van der Waals surface area contributed by atoms with Crippen LogP contribution in [0.3, 0.4) is 0 Å². The average molecular weight is 637 g/mol. The van der Waals surface area contributed by atoms with Crippen molar-refractivity contribution in [3.63, 3.8) is 0 Å². The summed E-state index contributed by atoms with van der Waals surface area (Å²) in [5.41, 5.74) is 11.1. The van der Waals surface area contributed by atoms with Crippen molar-refractivity contribution in [1.82, 2.24) is 9.80 Å². The summed E-state index contributed by atoms with van der Waals surface area (Å²) in [6.45, 7) is 4.92. The first-order chi connectivity index (χ1) is 23.6. The summed E-state index contributed by atoms with van der Waals surface area (Å²) in [6.07, 6.45) is 41.8. The zero-order valence-electron chi connectivity index (χ0n) is 28.9. The molecule has 1 aromatic rings. The molecule has 0 saturated carbocycles. The van der Waals surface area contributed by atoms with Gasteiger partial charge < -0.3 is 14.5 Å². The van der Waals surface area contributed by atoms with Crippen LogP contribution in [0.4, 0.5) is 0 Å². The summed E-state index contributed by atoms with van der Waals surface area (Å²) in [5.74, 6) is 1.92. The van der Waals surface area contributed by atoms with Crippen LogP contribution in [0, 0.1) is 17.8 Å². The van der Waals surface area contributed by atoms with Crippen LogP contribution in [0.5, 0.6) is 0 Å². The minimum atomic E-state index is 0.0400. The van der Waals surface area contributed by atoms with E-state index in [0.29, 0.717) is 47.9 Å². The molecule has 1 aromatic carbocycles. The monoisotopic (exact) mass is 636 g/mol. The molecule has 10 rings (SSSR count). The van der Waals surface area contributed by atoms with Crippen molar-refractivity contribution in [2.45, 2.75) is 126 Å². The number of ether oxygens (including phenoxy) is 1. The SMILES string of the molecule is CC1(C)C2=CC(N(C3=CC=CC4OC5CCC=CC5C34)C3C=CC4C(C3)C3=C(CCCC3)N4C3C=CCCC3)=CCC2c2ccccc21. The first kappa shape index (κ1) is 29.6. The first-order valence-electron chi connectivity index (χ1n) is 19.4. The maximum absolute atomic E-state index is 6.81. The smallest absolute Gasteiger partial charge is 0.0852 e. The van der Waals surface area contributed by atoms with Gasteiger partial charge in [0.2, 0.25) is 0 Å². The summed E-state index contributed by atoms with van der Waals surface area (Å²) < 4.78 is 6.81. The third-order valence-corrected chi connectivity index (χ3v) is 13.9.